The van der Waals surface area contributed by atoms with Crippen LogP contribution >= 0.6 is 0 Å². The Hall–Kier alpha value is -1.77. The first-order valence-electron chi connectivity index (χ1n) is 7.00. The standard InChI is InChI=1S/C13H18F3N3O3/c1-3-10-7-19(6-8(2)21-10)12(20)17-5-9-4-11(22-18-9)13(14,15)16/h4,8,10H,3,5-7H2,1-2H3,(H,17,20). The Bertz CT molecular complexity index is 518. The van der Waals surface area contributed by atoms with Crippen LogP contribution in [0.1, 0.15) is 31.7 Å². The van der Waals surface area contributed by atoms with Crippen LogP contribution in [0.3, 0.4) is 0 Å². The highest BCUT2D eigenvalue weighted by Gasteiger charge is 2.36. The number of aromatic nitrogens is 1. The summed E-state index contributed by atoms with van der Waals surface area (Å²) in [6, 6.07) is 0.419. The van der Waals surface area contributed by atoms with Gasteiger partial charge < -0.3 is 19.5 Å². The van der Waals surface area contributed by atoms with Gasteiger partial charge in [0.05, 0.1) is 18.8 Å². The van der Waals surface area contributed by atoms with Crippen molar-refractivity contribution in [2.45, 2.75) is 45.2 Å². The number of halogens is 3. The highest BCUT2D eigenvalue weighted by molar-refractivity contribution is 5.74. The Labute approximate surface area is 125 Å². The van der Waals surface area contributed by atoms with Crippen molar-refractivity contribution in [2.24, 2.45) is 0 Å². The number of amides is 2. The number of nitrogens with one attached hydrogen (secondary N) is 1. The van der Waals surface area contributed by atoms with E-state index in [1.54, 1.807) is 4.90 Å². The molecular weight excluding hydrogens is 303 g/mol. The summed E-state index contributed by atoms with van der Waals surface area (Å²) in [5.41, 5.74) is 0.0222. The van der Waals surface area contributed by atoms with Crippen molar-refractivity contribution in [1.29, 1.82) is 0 Å². The molecule has 1 aliphatic heterocycles. The molecular formula is C13H18F3N3O3. The van der Waals surface area contributed by atoms with Gasteiger partial charge in [-0.3, -0.25) is 0 Å². The van der Waals surface area contributed by atoms with Crippen LogP contribution in [0.25, 0.3) is 0 Å². The zero-order chi connectivity index (χ0) is 16.3. The second-order valence-electron chi connectivity index (χ2n) is 5.22. The highest BCUT2D eigenvalue weighted by atomic mass is 19.4. The number of morpholine rings is 1. The molecule has 0 spiro atoms. The number of alkyl halides is 3. The third kappa shape index (κ3) is 4.12. The van der Waals surface area contributed by atoms with E-state index in [0.29, 0.717) is 13.1 Å². The van der Waals surface area contributed by atoms with Crippen LogP contribution in [-0.2, 0) is 17.5 Å². The van der Waals surface area contributed by atoms with Crippen LogP contribution in [-0.4, -0.2) is 41.4 Å². The minimum absolute atomic E-state index is 0.0222. The molecule has 0 saturated carbocycles. The Morgan fingerprint density at radius 3 is 2.82 bits per heavy atom. The molecule has 9 heteroatoms. The molecule has 2 amide bonds. The number of rotatable bonds is 3. The average Bonchev–Trinajstić information content (AvgIpc) is 2.93. The van der Waals surface area contributed by atoms with Gasteiger partial charge in [0, 0.05) is 19.2 Å². The Kier molecular flexibility index (Phi) is 4.94. The smallest absolute Gasteiger partial charge is 0.372 e. The van der Waals surface area contributed by atoms with E-state index in [0.717, 1.165) is 12.5 Å². The SMILES string of the molecule is CCC1CN(C(=O)NCc2cc(C(F)(F)F)on2)CC(C)O1. The zero-order valence-corrected chi connectivity index (χ0v) is 12.3. The molecule has 1 aromatic rings. The zero-order valence-electron chi connectivity index (χ0n) is 12.3. The molecule has 1 saturated heterocycles. The summed E-state index contributed by atoms with van der Waals surface area (Å²) in [6.45, 7) is 4.61. The maximum atomic E-state index is 12.4. The highest BCUT2D eigenvalue weighted by Crippen LogP contribution is 2.29. The van der Waals surface area contributed by atoms with Crippen molar-refractivity contribution in [1.82, 2.24) is 15.4 Å². The monoisotopic (exact) mass is 321 g/mol. The van der Waals surface area contributed by atoms with E-state index in [1.165, 1.54) is 0 Å². The third-order valence-electron chi connectivity index (χ3n) is 3.33. The molecule has 6 nitrogen and oxygen atoms in total. The maximum absolute atomic E-state index is 12.4. The normalized spacial score (nSPS) is 22.7. The van der Waals surface area contributed by atoms with E-state index >= 15 is 0 Å². The molecule has 1 N–H and O–H groups in total. The lowest BCUT2D eigenvalue weighted by molar-refractivity contribution is -0.155. The van der Waals surface area contributed by atoms with Crippen LogP contribution in [0.15, 0.2) is 10.6 Å². The maximum Gasteiger partial charge on any atom is 0.452 e. The molecule has 1 fully saturated rings. The van der Waals surface area contributed by atoms with Gasteiger partial charge in [-0.2, -0.15) is 13.2 Å². The molecule has 1 aliphatic rings. The predicted molar refractivity (Wildman–Crippen MR) is 69.9 cm³/mol. The van der Waals surface area contributed by atoms with Crippen molar-refractivity contribution in [2.75, 3.05) is 13.1 Å². The molecule has 0 aliphatic carbocycles. The number of urea groups is 1. The van der Waals surface area contributed by atoms with E-state index in [9.17, 15) is 18.0 Å². The number of carbonyl (C=O) groups excluding carboxylic acids is 1. The van der Waals surface area contributed by atoms with Gasteiger partial charge in [0.15, 0.2) is 0 Å². The molecule has 0 aromatic carbocycles. The topological polar surface area (TPSA) is 67.6 Å². The molecule has 124 valence electrons. The molecule has 2 rings (SSSR count). The molecule has 0 bridgehead atoms. The first kappa shape index (κ1) is 16.6. The van der Waals surface area contributed by atoms with Crippen molar-refractivity contribution in [3.63, 3.8) is 0 Å². The van der Waals surface area contributed by atoms with E-state index < -0.39 is 11.9 Å². The fourth-order valence-corrected chi connectivity index (χ4v) is 2.24. The number of carbonyl (C=O) groups is 1. The van der Waals surface area contributed by atoms with Crippen LogP contribution in [0, 0.1) is 0 Å². The molecule has 2 unspecified atom stereocenters. The summed E-state index contributed by atoms with van der Waals surface area (Å²) in [4.78, 5) is 13.7. The molecule has 0 radical (unpaired) electrons. The van der Waals surface area contributed by atoms with E-state index in [1.807, 2.05) is 13.8 Å². The first-order valence-corrected chi connectivity index (χ1v) is 7.00. The number of ether oxygens (including phenoxy) is 1. The van der Waals surface area contributed by atoms with Gasteiger partial charge >= 0.3 is 12.2 Å². The molecule has 22 heavy (non-hydrogen) atoms. The molecule has 1 aromatic heterocycles. The van der Waals surface area contributed by atoms with Gasteiger partial charge in [-0.25, -0.2) is 4.79 Å². The largest absolute Gasteiger partial charge is 0.452 e. The quantitative estimate of drug-likeness (QED) is 0.928. The Balaban J connectivity index is 1.88. The predicted octanol–water partition coefficient (Wildman–Crippen LogP) is 2.40. The third-order valence-corrected chi connectivity index (χ3v) is 3.33. The Morgan fingerprint density at radius 1 is 1.50 bits per heavy atom. The minimum Gasteiger partial charge on any atom is -0.372 e. The van der Waals surface area contributed by atoms with E-state index in [2.05, 4.69) is 15.0 Å². The van der Waals surface area contributed by atoms with Crippen molar-refractivity contribution < 1.29 is 27.2 Å². The minimum atomic E-state index is -4.58. The van der Waals surface area contributed by atoms with Gasteiger partial charge in [0.2, 0.25) is 5.76 Å². The summed E-state index contributed by atoms with van der Waals surface area (Å²) < 4.78 is 47.0. The van der Waals surface area contributed by atoms with Crippen molar-refractivity contribution >= 4 is 6.03 Å². The van der Waals surface area contributed by atoms with Crippen molar-refractivity contribution in [3.05, 3.63) is 17.5 Å². The van der Waals surface area contributed by atoms with Crippen LogP contribution in [0.2, 0.25) is 0 Å². The lowest BCUT2D eigenvalue weighted by Gasteiger charge is -2.36. The summed E-state index contributed by atoms with van der Waals surface area (Å²) in [5.74, 6) is -1.18. The van der Waals surface area contributed by atoms with Gasteiger partial charge in [-0.05, 0) is 13.3 Å². The summed E-state index contributed by atoms with van der Waals surface area (Å²) in [6.07, 6.45) is -3.90. The van der Waals surface area contributed by atoms with Crippen LogP contribution < -0.4 is 5.32 Å². The van der Waals surface area contributed by atoms with Gasteiger partial charge in [-0.1, -0.05) is 12.1 Å². The fraction of sp³-hybridized carbons (Fsp3) is 0.692. The lowest BCUT2D eigenvalue weighted by Crippen LogP contribution is -2.52. The lowest BCUT2D eigenvalue weighted by atomic mass is 10.2. The number of nitrogens with zero attached hydrogens (tertiary/aromatic N) is 2. The summed E-state index contributed by atoms with van der Waals surface area (Å²) >= 11 is 0. The number of hydrogen-bond donors (Lipinski definition) is 1. The van der Waals surface area contributed by atoms with E-state index in [-0.39, 0.29) is 30.5 Å². The van der Waals surface area contributed by atoms with Gasteiger partial charge in [0.25, 0.3) is 0 Å². The van der Waals surface area contributed by atoms with Gasteiger partial charge in [-0.15, -0.1) is 0 Å². The summed E-state index contributed by atoms with van der Waals surface area (Å²) in [7, 11) is 0. The number of hydrogen-bond acceptors (Lipinski definition) is 4. The van der Waals surface area contributed by atoms with E-state index in [4.69, 9.17) is 4.74 Å². The van der Waals surface area contributed by atoms with Crippen LogP contribution in [0.5, 0.6) is 0 Å². The van der Waals surface area contributed by atoms with Crippen molar-refractivity contribution in [3.8, 4) is 0 Å². The second kappa shape index (κ2) is 6.55. The Morgan fingerprint density at radius 2 is 2.23 bits per heavy atom. The second-order valence-corrected chi connectivity index (χ2v) is 5.22. The van der Waals surface area contributed by atoms with Gasteiger partial charge in [0.1, 0.15) is 5.69 Å². The molecule has 2 heterocycles. The molecule has 2 atom stereocenters. The summed E-state index contributed by atoms with van der Waals surface area (Å²) in [5, 5.41) is 5.83. The average molecular weight is 321 g/mol. The fourth-order valence-electron chi connectivity index (χ4n) is 2.24. The first-order chi connectivity index (χ1) is 10.3. The van der Waals surface area contributed by atoms with Crippen LogP contribution in [0.4, 0.5) is 18.0 Å².